The van der Waals surface area contributed by atoms with Gasteiger partial charge in [0.05, 0.1) is 4.90 Å². The van der Waals surface area contributed by atoms with E-state index in [1.165, 1.54) is 0 Å². The molecule has 4 aromatic rings. The highest BCUT2D eigenvalue weighted by atomic mass is 35.5. The number of aryl methyl sites for hydroxylation is 1. The zero-order chi connectivity index (χ0) is 31.1. The second-order valence-electron chi connectivity index (χ2n) is 10.8. The van der Waals surface area contributed by atoms with E-state index in [0.717, 1.165) is 29.5 Å². The van der Waals surface area contributed by atoms with E-state index in [-0.39, 0.29) is 42.3 Å². The predicted octanol–water partition coefficient (Wildman–Crippen LogP) is 6.45. The van der Waals surface area contributed by atoms with Crippen molar-refractivity contribution < 1.29 is 18.0 Å². The van der Waals surface area contributed by atoms with Gasteiger partial charge < -0.3 is 10.2 Å². The van der Waals surface area contributed by atoms with Crippen molar-refractivity contribution in [2.45, 2.75) is 55.8 Å². The Hall–Kier alpha value is -3.69. The SMILES string of the molecule is O=C(NCc1ccc(Cl)cc1)[C@@H](c1ccccc1)N(Cc1ccc(Cl)cc1)C(=O)CCc1ccc(S(=O)(=O)NC2CC2)cc1. The number of rotatable bonds is 13. The lowest BCUT2D eigenvalue weighted by molar-refractivity contribution is -0.141. The molecule has 0 heterocycles. The second kappa shape index (κ2) is 14.4. The van der Waals surface area contributed by atoms with Crippen molar-refractivity contribution >= 4 is 45.0 Å². The van der Waals surface area contributed by atoms with Gasteiger partial charge in [-0.3, -0.25) is 9.59 Å². The summed E-state index contributed by atoms with van der Waals surface area (Å²) >= 11 is 12.1. The lowest BCUT2D eigenvalue weighted by atomic mass is 10.0. The molecule has 0 unspecified atom stereocenters. The van der Waals surface area contributed by atoms with Crippen molar-refractivity contribution in [1.29, 1.82) is 0 Å². The van der Waals surface area contributed by atoms with Crippen LogP contribution in [0.5, 0.6) is 0 Å². The van der Waals surface area contributed by atoms with Gasteiger partial charge in [-0.05, 0) is 77.9 Å². The molecule has 0 aromatic heterocycles. The molecule has 2 amide bonds. The number of carbonyl (C=O) groups excluding carboxylic acids is 2. The number of nitrogens with zero attached hydrogens (tertiary/aromatic N) is 1. The summed E-state index contributed by atoms with van der Waals surface area (Å²) in [6.45, 7) is 0.459. The summed E-state index contributed by atoms with van der Waals surface area (Å²) in [6.07, 6.45) is 2.21. The van der Waals surface area contributed by atoms with Gasteiger partial charge in [0.25, 0.3) is 0 Å². The standard InChI is InChI=1S/C34H33Cl2N3O4S/c35-28-13-6-25(7-14-28)22-37-34(41)33(27-4-2-1-3-5-27)39(23-26-8-15-29(36)16-9-26)32(40)21-12-24-10-19-31(20-11-24)44(42,43)38-30-17-18-30/h1-11,13-16,19-20,30,33,38H,12,17-18,21-23H2,(H,37,41)/t33-/m1/s1. The highest BCUT2D eigenvalue weighted by molar-refractivity contribution is 7.89. The Kier molecular flexibility index (Phi) is 10.4. The Balaban J connectivity index is 1.37. The Morgan fingerprint density at radius 1 is 0.773 bits per heavy atom. The van der Waals surface area contributed by atoms with Crippen LogP contribution < -0.4 is 10.0 Å². The molecule has 1 aliphatic carbocycles. The zero-order valence-electron chi connectivity index (χ0n) is 24.0. The van der Waals surface area contributed by atoms with Crippen molar-refractivity contribution in [2.75, 3.05) is 0 Å². The number of amides is 2. The maximum Gasteiger partial charge on any atom is 0.247 e. The van der Waals surface area contributed by atoms with Gasteiger partial charge in [-0.15, -0.1) is 0 Å². The summed E-state index contributed by atoms with van der Waals surface area (Å²) in [7, 11) is -3.56. The molecule has 0 saturated heterocycles. The van der Waals surface area contributed by atoms with Crippen LogP contribution in [0.3, 0.4) is 0 Å². The fourth-order valence-electron chi connectivity index (χ4n) is 4.83. The van der Waals surface area contributed by atoms with Gasteiger partial charge >= 0.3 is 0 Å². The molecule has 1 aliphatic rings. The van der Waals surface area contributed by atoms with Crippen LogP contribution in [0.2, 0.25) is 10.0 Å². The number of halogens is 2. The zero-order valence-corrected chi connectivity index (χ0v) is 26.3. The first kappa shape index (κ1) is 31.7. The lowest BCUT2D eigenvalue weighted by Crippen LogP contribution is -2.43. The number of hydrogen-bond donors (Lipinski definition) is 2. The van der Waals surface area contributed by atoms with Crippen molar-refractivity contribution in [1.82, 2.24) is 14.9 Å². The third-order valence-corrected chi connectivity index (χ3v) is 9.44. The number of hydrogen-bond acceptors (Lipinski definition) is 4. The van der Waals surface area contributed by atoms with Crippen LogP contribution in [0.25, 0.3) is 0 Å². The first-order chi connectivity index (χ1) is 21.2. The molecule has 0 aliphatic heterocycles. The van der Waals surface area contributed by atoms with Crippen LogP contribution >= 0.6 is 23.2 Å². The van der Waals surface area contributed by atoms with Gasteiger partial charge in [0.1, 0.15) is 6.04 Å². The number of nitrogens with one attached hydrogen (secondary N) is 2. The topological polar surface area (TPSA) is 95.6 Å². The normalized spacial score (nSPS) is 13.7. The molecule has 10 heteroatoms. The summed E-state index contributed by atoms with van der Waals surface area (Å²) in [4.78, 5) is 29.6. The minimum Gasteiger partial charge on any atom is -0.350 e. The molecular formula is C34H33Cl2N3O4S. The smallest absolute Gasteiger partial charge is 0.247 e. The Morgan fingerprint density at radius 2 is 1.34 bits per heavy atom. The van der Waals surface area contributed by atoms with E-state index in [0.29, 0.717) is 22.0 Å². The quantitative estimate of drug-likeness (QED) is 0.174. The van der Waals surface area contributed by atoms with E-state index in [4.69, 9.17) is 23.2 Å². The fourth-order valence-corrected chi connectivity index (χ4v) is 6.38. The summed E-state index contributed by atoms with van der Waals surface area (Å²) in [5.74, 6) is -0.534. The molecule has 228 valence electrons. The van der Waals surface area contributed by atoms with E-state index in [2.05, 4.69) is 10.0 Å². The summed E-state index contributed by atoms with van der Waals surface area (Å²) in [5.41, 5.74) is 3.20. The third kappa shape index (κ3) is 8.70. The van der Waals surface area contributed by atoms with Gasteiger partial charge in [0.15, 0.2) is 0 Å². The van der Waals surface area contributed by atoms with Crippen molar-refractivity contribution in [3.05, 3.63) is 135 Å². The average molecular weight is 651 g/mol. The number of benzene rings is 4. The predicted molar refractivity (Wildman–Crippen MR) is 173 cm³/mol. The molecule has 1 saturated carbocycles. The molecule has 4 aromatic carbocycles. The van der Waals surface area contributed by atoms with Crippen molar-refractivity contribution in [3.63, 3.8) is 0 Å². The molecule has 44 heavy (non-hydrogen) atoms. The molecule has 5 rings (SSSR count). The number of carbonyl (C=O) groups is 2. The Bertz CT molecular complexity index is 1680. The van der Waals surface area contributed by atoms with Gasteiger partial charge in [-0.2, -0.15) is 0 Å². The Labute approximate surface area is 268 Å². The molecular weight excluding hydrogens is 617 g/mol. The maximum atomic E-state index is 14.0. The minimum absolute atomic E-state index is 0.0184. The van der Waals surface area contributed by atoms with Gasteiger partial charge in [0, 0.05) is 35.6 Å². The lowest BCUT2D eigenvalue weighted by Gasteiger charge is -2.32. The third-order valence-electron chi connectivity index (χ3n) is 7.40. The van der Waals surface area contributed by atoms with E-state index in [9.17, 15) is 18.0 Å². The van der Waals surface area contributed by atoms with Crippen LogP contribution in [-0.4, -0.2) is 31.2 Å². The number of sulfonamides is 1. The molecule has 7 nitrogen and oxygen atoms in total. The van der Waals surface area contributed by atoms with Crippen LogP contribution in [-0.2, 0) is 39.1 Å². The maximum absolute atomic E-state index is 14.0. The summed E-state index contributed by atoms with van der Waals surface area (Å²) in [5, 5.41) is 4.18. The first-order valence-electron chi connectivity index (χ1n) is 14.4. The monoisotopic (exact) mass is 649 g/mol. The van der Waals surface area contributed by atoms with Crippen LogP contribution in [0.4, 0.5) is 0 Å². The van der Waals surface area contributed by atoms with E-state index in [1.807, 2.05) is 54.6 Å². The average Bonchev–Trinajstić information content (AvgIpc) is 3.84. The summed E-state index contributed by atoms with van der Waals surface area (Å²) in [6, 6.07) is 29.3. The van der Waals surface area contributed by atoms with Gasteiger partial charge in [-0.1, -0.05) is 89.9 Å². The highest BCUT2D eigenvalue weighted by Gasteiger charge is 2.31. The molecule has 0 radical (unpaired) electrons. The second-order valence-corrected chi connectivity index (χ2v) is 13.4. The van der Waals surface area contributed by atoms with Gasteiger partial charge in [-0.25, -0.2) is 13.1 Å². The van der Waals surface area contributed by atoms with Crippen molar-refractivity contribution in [2.24, 2.45) is 0 Å². The van der Waals surface area contributed by atoms with Crippen LogP contribution in [0.15, 0.2) is 108 Å². The van der Waals surface area contributed by atoms with Crippen LogP contribution in [0, 0.1) is 0 Å². The summed E-state index contributed by atoms with van der Waals surface area (Å²) < 4.78 is 27.8. The van der Waals surface area contributed by atoms with Crippen molar-refractivity contribution in [3.8, 4) is 0 Å². The molecule has 1 fully saturated rings. The first-order valence-corrected chi connectivity index (χ1v) is 16.6. The fraction of sp³-hybridized carbons (Fsp3) is 0.235. The highest BCUT2D eigenvalue weighted by Crippen LogP contribution is 2.27. The Morgan fingerprint density at radius 3 is 1.93 bits per heavy atom. The largest absolute Gasteiger partial charge is 0.350 e. The van der Waals surface area contributed by atoms with Gasteiger partial charge in [0.2, 0.25) is 21.8 Å². The molecule has 1 atom stereocenters. The molecule has 0 spiro atoms. The van der Waals surface area contributed by atoms with E-state index in [1.54, 1.807) is 53.4 Å². The minimum atomic E-state index is -3.56. The molecule has 2 N–H and O–H groups in total. The van der Waals surface area contributed by atoms with E-state index < -0.39 is 16.1 Å². The molecule has 0 bridgehead atoms. The van der Waals surface area contributed by atoms with E-state index >= 15 is 0 Å². The van der Waals surface area contributed by atoms with Crippen LogP contribution in [0.1, 0.15) is 47.6 Å².